The molecule has 5 heteroatoms. The maximum atomic E-state index is 11.8. The van der Waals surface area contributed by atoms with Crippen molar-refractivity contribution in [3.63, 3.8) is 0 Å². The van der Waals surface area contributed by atoms with E-state index in [4.69, 9.17) is 20.9 Å². The lowest BCUT2D eigenvalue weighted by Crippen LogP contribution is -2.19. The van der Waals surface area contributed by atoms with Crippen LogP contribution < -0.4 is 0 Å². The second-order valence-electron chi connectivity index (χ2n) is 5.59. The van der Waals surface area contributed by atoms with Crippen LogP contribution in [0.25, 0.3) is 11.3 Å². The summed E-state index contributed by atoms with van der Waals surface area (Å²) in [5, 5.41) is 4.93. The minimum Gasteiger partial charge on any atom is -0.469 e. The number of hydrogen-bond acceptors (Lipinski definition) is 4. The third-order valence-corrected chi connectivity index (χ3v) is 4.47. The van der Waals surface area contributed by atoms with Crippen LogP contribution in [0.5, 0.6) is 0 Å². The molecule has 1 aromatic carbocycles. The van der Waals surface area contributed by atoms with Crippen molar-refractivity contribution in [3.8, 4) is 11.3 Å². The van der Waals surface area contributed by atoms with E-state index >= 15 is 0 Å². The Kier molecular flexibility index (Phi) is 4.48. The van der Waals surface area contributed by atoms with Crippen LogP contribution in [0.3, 0.4) is 0 Å². The van der Waals surface area contributed by atoms with Gasteiger partial charge in [0.1, 0.15) is 11.5 Å². The van der Waals surface area contributed by atoms with E-state index in [-0.39, 0.29) is 11.9 Å². The van der Waals surface area contributed by atoms with E-state index < -0.39 is 0 Å². The Balaban J connectivity index is 1.88. The van der Waals surface area contributed by atoms with Gasteiger partial charge in [-0.1, -0.05) is 28.9 Å². The number of halogens is 1. The third-order valence-electron chi connectivity index (χ3n) is 4.22. The molecule has 116 valence electrons. The summed E-state index contributed by atoms with van der Waals surface area (Å²) in [6, 6.07) is 7.57. The van der Waals surface area contributed by atoms with Gasteiger partial charge in [0.25, 0.3) is 0 Å². The standard InChI is InChI=1S/C17H18ClNO3/c1-21-17(20)12-3-2-4-15-14(10-7-12)16(19-22-15)11-5-8-13(18)9-6-11/h5-6,8-9,12H,2-4,7,10H2,1H3. The molecule has 22 heavy (non-hydrogen) atoms. The van der Waals surface area contributed by atoms with Crippen LogP contribution in [0.1, 0.15) is 30.6 Å². The molecule has 2 aromatic rings. The number of ether oxygens (including phenoxy) is 1. The minimum atomic E-state index is -0.118. The number of carbonyl (C=O) groups excluding carboxylic acids is 1. The summed E-state index contributed by atoms with van der Waals surface area (Å²) in [5.74, 6) is 0.785. The van der Waals surface area contributed by atoms with Gasteiger partial charge in [-0.05, 0) is 37.8 Å². The van der Waals surface area contributed by atoms with Crippen molar-refractivity contribution in [1.29, 1.82) is 0 Å². The van der Waals surface area contributed by atoms with Gasteiger partial charge in [0.2, 0.25) is 0 Å². The summed E-state index contributed by atoms with van der Waals surface area (Å²) in [7, 11) is 1.45. The number of aromatic nitrogens is 1. The fourth-order valence-electron chi connectivity index (χ4n) is 3.01. The second-order valence-corrected chi connectivity index (χ2v) is 6.03. The average molecular weight is 320 g/mol. The molecule has 4 nitrogen and oxygen atoms in total. The van der Waals surface area contributed by atoms with E-state index in [9.17, 15) is 4.79 Å². The van der Waals surface area contributed by atoms with Crippen molar-refractivity contribution in [2.75, 3.05) is 7.11 Å². The highest BCUT2D eigenvalue weighted by Gasteiger charge is 2.25. The van der Waals surface area contributed by atoms with E-state index in [0.717, 1.165) is 54.7 Å². The fraction of sp³-hybridized carbons (Fsp3) is 0.412. The Labute approximate surface area is 134 Å². The molecule has 1 aliphatic carbocycles. The highest BCUT2D eigenvalue weighted by Crippen LogP contribution is 2.32. The summed E-state index contributed by atoms with van der Waals surface area (Å²) < 4.78 is 10.4. The normalized spacial score (nSPS) is 18.2. The zero-order valence-corrected chi connectivity index (χ0v) is 13.2. The van der Waals surface area contributed by atoms with Crippen molar-refractivity contribution in [2.24, 2.45) is 5.92 Å². The summed E-state index contributed by atoms with van der Waals surface area (Å²) in [6.45, 7) is 0. The fourth-order valence-corrected chi connectivity index (χ4v) is 3.13. The van der Waals surface area contributed by atoms with Gasteiger partial charge in [-0.2, -0.15) is 0 Å². The van der Waals surface area contributed by atoms with Crippen LogP contribution in [-0.4, -0.2) is 18.2 Å². The first-order valence-electron chi connectivity index (χ1n) is 7.50. The number of fused-ring (bicyclic) bond motifs is 1. The highest BCUT2D eigenvalue weighted by atomic mass is 35.5. The van der Waals surface area contributed by atoms with Gasteiger partial charge in [-0.25, -0.2) is 0 Å². The maximum absolute atomic E-state index is 11.8. The maximum Gasteiger partial charge on any atom is 0.308 e. The topological polar surface area (TPSA) is 52.3 Å². The molecule has 1 aliphatic rings. The first-order chi connectivity index (χ1) is 10.7. The zero-order valence-electron chi connectivity index (χ0n) is 12.5. The largest absolute Gasteiger partial charge is 0.469 e. The molecule has 1 heterocycles. The van der Waals surface area contributed by atoms with E-state index in [0.29, 0.717) is 5.02 Å². The van der Waals surface area contributed by atoms with E-state index in [1.165, 1.54) is 7.11 Å². The van der Waals surface area contributed by atoms with Crippen LogP contribution >= 0.6 is 11.6 Å². The van der Waals surface area contributed by atoms with Crippen molar-refractivity contribution < 1.29 is 14.1 Å². The lowest BCUT2D eigenvalue weighted by Gasteiger charge is -2.17. The third kappa shape index (κ3) is 3.02. The molecular weight excluding hydrogens is 302 g/mol. The number of esters is 1. The number of nitrogens with zero attached hydrogens (tertiary/aromatic N) is 1. The molecule has 0 aliphatic heterocycles. The molecule has 0 saturated carbocycles. The summed E-state index contributed by atoms with van der Waals surface area (Å²) in [4.78, 5) is 11.8. The van der Waals surface area contributed by atoms with E-state index in [1.807, 2.05) is 24.3 Å². The molecule has 0 bridgehead atoms. The smallest absolute Gasteiger partial charge is 0.308 e. The van der Waals surface area contributed by atoms with Gasteiger partial charge in [0, 0.05) is 22.6 Å². The van der Waals surface area contributed by atoms with Crippen LogP contribution in [0, 0.1) is 5.92 Å². The number of aryl methyl sites for hydroxylation is 1. The average Bonchev–Trinajstić information content (AvgIpc) is 2.89. The van der Waals surface area contributed by atoms with Crippen molar-refractivity contribution >= 4 is 17.6 Å². The Hall–Kier alpha value is -1.81. The van der Waals surface area contributed by atoms with Gasteiger partial charge >= 0.3 is 5.97 Å². The molecule has 0 fully saturated rings. The van der Waals surface area contributed by atoms with Crippen molar-refractivity contribution in [2.45, 2.75) is 32.1 Å². The summed E-state index contributed by atoms with van der Waals surface area (Å²) in [6.07, 6.45) is 4.09. The molecule has 0 amide bonds. The van der Waals surface area contributed by atoms with Crippen LogP contribution in [-0.2, 0) is 22.4 Å². The number of methoxy groups -OCH3 is 1. The SMILES string of the molecule is COC(=O)C1CCCc2onc(-c3ccc(Cl)cc3)c2CC1. The van der Waals surface area contributed by atoms with Crippen molar-refractivity contribution in [3.05, 3.63) is 40.6 Å². The van der Waals surface area contributed by atoms with Gasteiger partial charge in [0.05, 0.1) is 13.0 Å². The van der Waals surface area contributed by atoms with Gasteiger partial charge in [-0.15, -0.1) is 0 Å². The molecule has 0 spiro atoms. The predicted molar refractivity (Wildman–Crippen MR) is 83.7 cm³/mol. The Morgan fingerprint density at radius 3 is 2.77 bits per heavy atom. The van der Waals surface area contributed by atoms with Crippen LogP contribution in [0.15, 0.2) is 28.8 Å². The molecule has 1 aromatic heterocycles. The molecule has 3 rings (SSSR count). The van der Waals surface area contributed by atoms with Gasteiger partial charge in [-0.3, -0.25) is 4.79 Å². The van der Waals surface area contributed by atoms with E-state index in [2.05, 4.69) is 5.16 Å². The van der Waals surface area contributed by atoms with E-state index in [1.54, 1.807) is 0 Å². The van der Waals surface area contributed by atoms with Crippen LogP contribution in [0.2, 0.25) is 5.02 Å². The first-order valence-corrected chi connectivity index (χ1v) is 7.88. The first kappa shape index (κ1) is 15.1. The number of hydrogen-bond donors (Lipinski definition) is 0. The number of benzene rings is 1. The molecule has 0 radical (unpaired) electrons. The van der Waals surface area contributed by atoms with Gasteiger partial charge in [0.15, 0.2) is 0 Å². The number of rotatable bonds is 2. The molecule has 0 N–H and O–H groups in total. The van der Waals surface area contributed by atoms with Crippen LogP contribution in [0.4, 0.5) is 0 Å². The number of carbonyl (C=O) groups is 1. The highest BCUT2D eigenvalue weighted by molar-refractivity contribution is 6.30. The Bertz CT molecular complexity index is 663. The lowest BCUT2D eigenvalue weighted by molar-refractivity contribution is -0.146. The predicted octanol–water partition coefficient (Wildman–Crippen LogP) is 4.05. The monoisotopic (exact) mass is 319 g/mol. The Morgan fingerprint density at radius 1 is 1.27 bits per heavy atom. The Morgan fingerprint density at radius 2 is 2.05 bits per heavy atom. The summed E-state index contributed by atoms with van der Waals surface area (Å²) in [5.41, 5.74) is 2.96. The molecular formula is C17H18ClNO3. The van der Waals surface area contributed by atoms with Crippen molar-refractivity contribution in [1.82, 2.24) is 5.16 Å². The minimum absolute atomic E-state index is 0.0360. The zero-order chi connectivity index (χ0) is 15.5. The lowest BCUT2D eigenvalue weighted by atomic mass is 9.88. The molecule has 1 unspecified atom stereocenters. The molecule has 0 saturated heterocycles. The second kappa shape index (κ2) is 6.53. The summed E-state index contributed by atoms with van der Waals surface area (Å²) >= 11 is 5.94. The molecule has 1 atom stereocenters. The van der Waals surface area contributed by atoms with Gasteiger partial charge < -0.3 is 9.26 Å². The quantitative estimate of drug-likeness (QED) is 0.783.